The number of aromatic nitrogens is 2. The van der Waals surface area contributed by atoms with Gasteiger partial charge in [0.15, 0.2) is 0 Å². The number of aryl methyl sites for hydroxylation is 1. The standard InChI is InChI=1S/C21H24N4O/c1-16-22-19-11-14-25(20(26)10-9-17-7-3-2-4-8-17)15-18(19)21(23-16)24-12-5-6-13-24/h2-4,7-10H,5-6,11-15H2,1H3/b10-9+. The van der Waals surface area contributed by atoms with Crippen LogP contribution in [0.1, 0.15) is 35.5 Å². The molecule has 2 aliphatic rings. The van der Waals surface area contributed by atoms with Crippen molar-refractivity contribution in [2.75, 3.05) is 24.5 Å². The fraction of sp³-hybridized carbons (Fsp3) is 0.381. The summed E-state index contributed by atoms with van der Waals surface area (Å²) in [6, 6.07) is 9.92. The van der Waals surface area contributed by atoms with Gasteiger partial charge < -0.3 is 9.80 Å². The highest BCUT2D eigenvalue weighted by atomic mass is 16.2. The van der Waals surface area contributed by atoms with Crippen LogP contribution >= 0.6 is 0 Å². The molecule has 5 heteroatoms. The summed E-state index contributed by atoms with van der Waals surface area (Å²) in [6.45, 7) is 5.36. The molecule has 134 valence electrons. The first-order valence-corrected chi connectivity index (χ1v) is 9.34. The smallest absolute Gasteiger partial charge is 0.246 e. The molecule has 2 aromatic rings. The van der Waals surface area contributed by atoms with Crippen molar-refractivity contribution < 1.29 is 4.79 Å². The fourth-order valence-corrected chi connectivity index (χ4v) is 3.73. The number of carbonyl (C=O) groups excluding carboxylic acids is 1. The molecule has 1 saturated heterocycles. The van der Waals surface area contributed by atoms with E-state index >= 15 is 0 Å². The maximum Gasteiger partial charge on any atom is 0.246 e. The molecular weight excluding hydrogens is 324 g/mol. The summed E-state index contributed by atoms with van der Waals surface area (Å²) in [4.78, 5) is 26.3. The van der Waals surface area contributed by atoms with Crippen molar-refractivity contribution in [3.05, 3.63) is 59.1 Å². The van der Waals surface area contributed by atoms with Crippen LogP contribution in [-0.2, 0) is 17.8 Å². The van der Waals surface area contributed by atoms with E-state index in [-0.39, 0.29) is 5.91 Å². The van der Waals surface area contributed by atoms with Crippen LogP contribution in [0.3, 0.4) is 0 Å². The molecule has 0 radical (unpaired) electrons. The van der Waals surface area contributed by atoms with Gasteiger partial charge in [0.05, 0.1) is 12.2 Å². The van der Waals surface area contributed by atoms with E-state index in [9.17, 15) is 4.79 Å². The molecule has 2 aliphatic heterocycles. The van der Waals surface area contributed by atoms with E-state index < -0.39 is 0 Å². The summed E-state index contributed by atoms with van der Waals surface area (Å²) in [6.07, 6.45) is 6.76. The number of rotatable bonds is 3. The highest BCUT2D eigenvalue weighted by Crippen LogP contribution is 2.29. The van der Waals surface area contributed by atoms with Crippen LogP contribution in [0.2, 0.25) is 0 Å². The lowest BCUT2D eigenvalue weighted by Gasteiger charge is -2.31. The zero-order valence-corrected chi connectivity index (χ0v) is 15.2. The third-order valence-electron chi connectivity index (χ3n) is 5.09. The van der Waals surface area contributed by atoms with Crippen molar-refractivity contribution in [2.24, 2.45) is 0 Å². The van der Waals surface area contributed by atoms with E-state index in [4.69, 9.17) is 4.98 Å². The van der Waals surface area contributed by atoms with Crippen molar-refractivity contribution in [1.82, 2.24) is 14.9 Å². The third-order valence-corrected chi connectivity index (χ3v) is 5.09. The molecule has 0 spiro atoms. The lowest BCUT2D eigenvalue weighted by Crippen LogP contribution is -2.37. The minimum Gasteiger partial charge on any atom is -0.356 e. The Kier molecular flexibility index (Phi) is 4.69. The van der Waals surface area contributed by atoms with Gasteiger partial charge in [0.1, 0.15) is 11.6 Å². The van der Waals surface area contributed by atoms with Crippen molar-refractivity contribution in [2.45, 2.75) is 32.7 Å². The predicted molar refractivity (Wildman–Crippen MR) is 103 cm³/mol. The van der Waals surface area contributed by atoms with Gasteiger partial charge in [-0.15, -0.1) is 0 Å². The van der Waals surface area contributed by atoms with Gasteiger partial charge in [-0.1, -0.05) is 30.3 Å². The number of carbonyl (C=O) groups is 1. The maximum atomic E-state index is 12.7. The summed E-state index contributed by atoms with van der Waals surface area (Å²) in [7, 11) is 0. The molecule has 4 rings (SSSR count). The highest BCUT2D eigenvalue weighted by Gasteiger charge is 2.27. The second kappa shape index (κ2) is 7.28. The molecule has 0 saturated carbocycles. The van der Waals surface area contributed by atoms with Gasteiger partial charge in [-0.05, 0) is 31.4 Å². The second-order valence-electron chi connectivity index (χ2n) is 6.97. The summed E-state index contributed by atoms with van der Waals surface area (Å²) in [5.74, 6) is 1.91. The largest absolute Gasteiger partial charge is 0.356 e. The average Bonchev–Trinajstić information content (AvgIpc) is 3.20. The quantitative estimate of drug-likeness (QED) is 0.800. The number of fused-ring (bicyclic) bond motifs is 1. The van der Waals surface area contributed by atoms with E-state index in [2.05, 4.69) is 9.88 Å². The molecular formula is C21H24N4O. The summed E-state index contributed by atoms with van der Waals surface area (Å²) < 4.78 is 0. The molecule has 1 amide bonds. The molecule has 0 atom stereocenters. The van der Waals surface area contributed by atoms with Gasteiger partial charge >= 0.3 is 0 Å². The Bertz CT molecular complexity index is 825. The number of amides is 1. The monoisotopic (exact) mass is 348 g/mol. The average molecular weight is 348 g/mol. The van der Waals surface area contributed by atoms with E-state index in [1.165, 1.54) is 12.8 Å². The van der Waals surface area contributed by atoms with E-state index in [1.807, 2.05) is 48.2 Å². The zero-order valence-electron chi connectivity index (χ0n) is 15.2. The van der Waals surface area contributed by atoms with Crippen LogP contribution in [0.5, 0.6) is 0 Å². The van der Waals surface area contributed by atoms with Crippen molar-refractivity contribution in [1.29, 1.82) is 0 Å². The summed E-state index contributed by atoms with van der Waals surface area (Å²) in [5.41, 5.74) is 3.27. The minimum absolute atomic E-state index is 0.0486. The van der Waals surface area contributed by atoms with Gasteiger partial charge in [0, 0.05) is 37.7 Å². The van der Waals surface area contributed by atoms with E-state index in [0.29, 0.717) is 13.1 Å². The number of benzene rings is 1. The lowest BCUT2D eigenvalue weighted by atomic mass is 10.1. The van der Waals surface area contributed by atoms with Crippen molar-refractivity contribution in [3.8, 4) is 0 Å². The molecule has 1 fully saturated rings. The first-order chi connectivity index (χ1) is 12.7. The predicted octanol–water partition coefficient (Wildman–Crippen LogP) is 2.98. The van der Waals surface area contributed by atoms with Gasteiger partial charge in [0.25, 0.3) is 0 Å². The normalized spacial score (nSPS) is 17.0. The molecule has 5 nitrogen and oxygen atoms in total. The topological polar surface area (TPSA) is 49.3 Å². The molecule has 0 aliphatic carbocycles. The lowest BCUT2D eigenvalue weighted by molar-refractivity contribution is -0.126. The van der Waals surface area contributed by atoms with Crippen LogP contribution in [0.15, 0.2) is 36.4 Å². The summed E-state index contributed by atoms with van der Waals surface area (Å²) in [5, 5.41) is 0. The molecule has 3 heterocycles. The zero-order chi connectivity index (χ0) is 17.9. The molecule has 0 N–H and O–H groups in total. The molecule has 0 bridgehead atoms. The number of nitrogens with zero attached hydrogens (tertiary/aromatic N) is 4. The van der Waals surface area contributed by atoms with E-state index in [1.54, 1.807) is 6.08 Å². The van der Waals surface area contributed by atoms with Crippen LogP contribution in [-0.4, -0.2) is 40.4 Å². The molecule has 1 aromatic carbocycles. The molecule has 1 aromatic heterocycles. The Morgan fingerprint density at radius 1 is 1.08 bits per heavy atom. The van der Waals surface area contributed by atoms with E-state index in [0.717, 1.165) is 48.0 Å². The van der Waals surface area contributed by atoms with Crippen molar-refractivity contribution >= 4 is 17.8 Å². The fourth-order valence-electron chi connectivity index (χ4n) is 3.73. The Hall–Kier alpha value is -2.69. The van der Waals surface area contributed by atoms with Gasteiger partial charge in [-0.3, -0.25) is 4.79 Å². The molecule has 26 heavy (non-hydrogen) atoms. The SMILES string of the molecule is Cc1nc2c(c(N3CCCC3)n1)CN(C(=O)/C=C/c1ccccc1)CC2. The highest BCUT2D eigenvalue weighted by molar-refractivity contribution is 5.92. The Labute approximate surface area is 154 Å². The third kappa shape index (κ3) is 3.47. The number of hydrogen-bond donors (Lipinski definition) is 0. The Balaban J connectivity index is 1.55. The summed E-state index contributed by atoms with van der Waals surface area (Å²) >= 11 is 0. The molecule has 0 unspecified atom stereocenters. The first kappa shape index (κ1) is 16.8. The van der Waals surface area contributed by atoms with Gasteiger partial charge in [0.2, 0.25) is 5.91 Å². The Morgan fingerprint density at radius 3 is 2.62 bits per heavy atom. The van der Waals surface area contributed by atoms with Crippen molar-refractivity contribution in [3.63, 3.8) is 0 Å². The number of anilines is 1. The Morgan fingerprint density at radius 2 is 1.85 bits per heavy atom. The van der Waals surface area contributed by atoms with Gasteiger partial charge in [-0.25, -0.2) is 9.97 Å². The van der Waals surface area contributed by atoms with Gasteiger partial charge in [-0.2, -0.15) is 0 Å². The number of hydrogen-bond acceptors (Lipinski definition) is 4. The van der Waals surface area contributed by atoms with Crippen LogP contribution in [0.25, 0.3) is 6.08 Å². The first-order valence-electron chi connectivity index (χ1n) is 9.34. The van der Waals surface area contributed by atoms with Crippen LogP contribution < -0.4 is 4.90 Å². The van der Waals surface area contributed by atoms with Crippen LogP contribution in [0.4, 0.5) is 5.82 Å². The second-order valence-corrected chi connectivity index (χ2v) is 6.97. The van der Waals surface area contributed by atoms with Crippen LogP contribution in [0, 0.1) is 6.92 Å². The minimum atomic E-state index is 0.0486. The maximum absolute atomic E-state index is 12.7.